The van der Waals surface area contributed by atoms with Crippen LogP contribution in [0.15, 0.2) is 18.3 Å². The number of piperazine rings is 1. The zero-order valence-electron chi connectivity index (χ0n) is 17.2. The molecule has 3 heterocycles. The Morgan fingerprint density at radius 1 is 1.26 bits per heavy atom. The SMILES string of the molecule is CC1OB(c2ccc(N3CCN(C(=O)OC(C)(C)C)CC3)nc2)OC1(C)C. The molecule has 2 aliphatic rings. The lowest BCUT2D eigenvalue weighted by molar-refractivity contribution is 0.0240. The quantitative estimate of drug-likeness (QED) is 0.738. The summed E-state index contributed by atoms with van der Waals surface area (Å²) in [5.41, 5.74) is 0.146. The minimum atomic E-state index is -0.470. The Hall–Kier alpha value is -1.80. The van der Waals surface area contributed by atoms with E-state index >= 15 is 0 Å². The van der Waals surface area contributed by atoms with E-state index in [9.17, 15) is 4.79 Å². The van der Waals surface area contributed by atoms with Gasteiger partial charge in [0.05, 0.1) is 11.7 Å². The molecule has 3 rings (SSSR count). The highest BCUT2D eigenvalue weighted by atomic mass is 16.7. The normalized spacial score (nSPS) is 22.9. The summed E-state index contributed by atoms with van der Waals surface area (Å²) in [6, 6.07) is 3.99. The van der Waals surface area contributed by atoms with E-state index < -0.39 is 5.60 Å². The lowest BCUT2D eigenvalue weighted by atomic mass is 9.80. The molecule has 2 fully saturated rings. The van der Waals surface area contributed by atoms with E-state index in [0.29, 0.717) is 13.1 Å². The van der Waals surface area contributed by atoms with Crippen LogP contribution in [0.5, 0.6) is 0 Å². The van der Waals surface area contributed by atoms with Crippen molar-refractivity contribution in [2.45, 2.75) is 58.8 Å². The van der Waals surface area contributed by atoms with Gasteiger partial charge in [0.2, 0.25) is 0 Å². The molecule has 1 aromatic rings. The molecule has 0 N–H and O–H groups in total. The van der Waals surface area contributed by atoms with Crippen molar-refractivity contribution in [2.75, 3.05) is 31.1 Å². The number of amides is 1. The van der Waals surface area contributed by atoms with Crippen molar-refractivity contribution in [3.63, 3.8) is 0 Å². The zero-order chi connectivity index (χ0) is 19.8. The summed E-state index contributed by atoms with van der Waals surface area (Å²) in [4.78, 5) is 20.7. The van der Waals surface area contributed by atoms with E-state index in [0.717, 1.165) is 24.4 Å². The molecule has 148 valence electrons. The molecular weight excluding hydrogens is 345 g/mol. The van der Waals surface area contributed by atoms with Crippen molar-refractivity contribution >= 4 is 24.5 Å². The van der Waals surface area contributed by atoms with Gasteiger partial charge in [-0.15, -0.1) is 0 Å². The molecule has 7 nitrogen and oxygen atoms in total. The van der Waals surface area contributed by atoms with Crippen LogP contribution in [0.2, 0.25) is 0 Å². The lowest BCUT2D eigenvalue weighted by Gasteiger charge is -2.36. The number of carbonyl (C=O) groups excluding carboxylic acids is 1. The number of hydrogen-bond acceptors (Lipinski definition) is 6. The number of aromatic nitrogens is 1. The summed E-state index contributed by atoms with van der Waals surface area (Å²) in [7, 11) is -0.374. The standard InChI is InChI=1S/C19H30BN3O4/c1-14-19(5,6)27-20(26-14)15-7-8-16(21-13-15)22-9-11-23(12-10-22)17(24)25-18(2,3)4/h7-8,13-14H,9-12H2,1-6H3. The molecule has 0 aromatic carbocycles. The van der Waals surface area contributed by atoms with Gasteiger partial charge in [0.25, 0.3) is 0 Å². The van der Waals surface area contributed by atoms with Crippen LogP contribution in [0.3, 0.4) is 0 Å². The van der Waals surface area contributed by atoms with Crippen LogP contribution in [0.25, 0.3) is 0 Å². The van der Waals surface area contributed by atoms with E-state index in [-0.39, 0.29) is 24.9 Å². The van der Waals surface area contributed by atoms with Gasteiger partial charge in [-0.1, -0.05) is 6.07 Å². The fourth-order valence-corrected chi connectivity index (χ4v) is 3.06. The minimum absolute atomic E-state index is 0.0307. The lowest BCUT2D eigenvalue weighted by Crippen LogP contribution is -2.50. The predicted octanol–water partition coefficient (Wildman–Crippen LogP) is 2.05. The number of hydrogen-bond donors (Lipinski definition) is 0. The molecule has 2 aliphatic heterocycles. The first-order chi connectivity index (χ1) is 12.5. The van der Waals surface area contributed by atoms with Crippen molar-refractivity contribution in [1.82, 2.24) is 9.88 Å². The summed E-state index contributed by atoms with van der Waals surface area (Å²) in [5.74, 6) is 0.896. The first-order valence-corrected chi connectivity index (χ1v) is 9.57. The van der Waals surface area contributed by atoms with Crippen LogP contribution in [-0.4, -0.2) is 66.6 Å². The Morgan fingerprint density at radius 2 is 1.93 bits per heavy atom. The number of nitrogens with zero attached hydrogens (tertiary/aromatic N) is 3. The third-order valence-corrected chi connectivity index (χ3v) is 5.02. The third kappa shape index (κ3) is 4.73. The smallest absolute Gasteiger partial charge is 0.444 e. The van der Waals surface area contributed by atoms with Gasteiger partial charge in [-0.3, -0.25) is 0 Å². The Kier molecular flexibility index (Phi) is 5.41. The number of carbonyl (C=O) groups is 1. The van der Waals surface area contributed by atoms with Gasteiger partial charge in [-0.25, -0.2) is 9.78 Å². The topological polar surface area (TPSA) is 64.1 Å². The molecule has 1 atom stereocenters. The second-order valence-electron chi connectivity index (χ2n) is 8.74. The average molecular weight is 375 g/mol. The summed E-state index contributed by atoms with van der Waals surface area (Å²) < 4.78 is 17.3. The van der Waals surface area contributed by atoms with Gasteiger partial charge >= 0.3 is 13.2 Å². The summed E-state index contributed by atoms with van der Waals surface area (Å²) >= 11 is 0. The van der Waals surface area contributed by atoms with E-state index in [4.69, 9.17) is 14.0 Å². The average Bonchev–Trinajstić information content (AvgIpc) is 2.87. The first-order valence-electron chi connectivity index (χ1n) is 9.57. The van der Waals surface area contributed by atoms with Crippen molar-refractivity contribution in [1.29, 1.82) is 0 Å². The fraction of sp³-hybridized carbons (Fsp3) is 0.684. The second kappa shape index (κ2) is 7.32. The Bertz CT molecular complexity index is 667. The largest absolute Gasteiger partial charge is 0.496 e. The van der Waals surface area contributed by atoms with Crippen molar-refractivity contribution in [2.24, 2.45) is 0 Å². The zero-order valence-corrected chi connectivity index (χ0v) is 17.2. The number of rotatable bonds is 2. The molecule has 2 saturated heterocycles. The third-order valence-electron chi connectivity index (χ3n) is 5.02. The number of ether oxygens (including phenoxy) is 1. The maximum absolute atomic E-state index is 12.2. The van der Waals surface area contributed by atoms with Crippen molar-refractivity contribution < 1.29 is 18.8 Å². The Labute approximate surface area is 162 Å². The molecule has 1 unspecified atom stereocenters. The number of pyridine rings is 1. The monoisotopic (exact) mass is 375 g/mol. The molecule has 1 amide bonds. The van der Waals surface area contributed by atoms with E-state index in [1.807, 2.05) is 59.9 Å². The Morgan fingerprint density at radius 3 is 2.41 bits per heavy atom. The van der Waals surface area contributed by atoms with E-state index in [2.05, 4.69) is 9.88 Å². The predicted molar refractivity (Wildman–Crippen MR) is 105 cm³/mol. The van der Waals surface area contributed by atoms with Gasteiger partial charge in [-0.2, -0.15) is 0 Å². The van der Waals surface area contributed by atoms with Crippen LogP contribution < -0.4 is 10.4 Å². The van der Waals surface area contributed by atoms with Crippen molar-refractivity contribution in [3.05, 3.63) is 18.3 Å². The molecule has 0 aliphatic carbocycles. The molecule has 0 radical (unpaired) electrons. The maximum Gasteiger partial charge on any atom is 0.496 e. The molecule has 27 heavy (non-hydrogen) atoms. The number of anilines is 1. The fourth-order valence-electron chi connectivity index (χ4n) is 3.06. The van der Waals surface area contributed by atoms with Crippen LogP contribution in [0.4, 0.5) is 10.6 Å². The molecular formula is C19H30BN3O4. The van der Waals surface area contributed by atoms with Crippen molar-refractivity contribution in [3.8, 4) is 0 Å². The minimum Gasteiger partial charge on any atom is -0.444 e. The summed E-state index contributed by atoms with van der Waals surface area (Å²) in [5, 5.41) is 0. The highest BCUT2D eigenvalue weighted by Gasteiger charge is 2.44. The molecule has 0 saturated carbocycles. The summed E-state index contributed by atoms with van der Waals surface area (Å²) in [6.45, 7) is 14.4. The first kappa shape index (κ1) is 20.0. The van der Waals surface area contributed by atoms with Crippen LogP contribution in [-0.2, 0) is 14.0 Å². The van der Waals surface area contributed by atoms with Gasteiger partial charge < -0.3 is 23.8 Å². The molecule has 1 aromatic heterocycles. The second-order valence-corrected chi connectivity index (χ2v) is 8.74. The highest BCUT2D eigenvalue weighted by Crippen LogP contribution is 2.26. The van der Waals surface area contributed by atoms with Crippen LogP contribution in [0.1, 0.15) is 41.5 Å². The summed E-state index contributed by atoms with van der Waals surface area (Å²) in [6.07, 6.45) is 1.59. The van der Waals surface area contributed by atoms with Crippen LogP contribution >= 0.6 is 0 Å². The van der Waals surface area contributed by atoms with Gasteiger partial charge in [0.15, 0.2) is 0 Å². The van der Waals surface area contributed by atoms with Gasteiger partial charge in [-0.05, 0) is 47.6 Å². The van der Waals surface area contributed by atoms with Crippen LogP contribution in [0, 0.1) is 0 Å². The van der Waals surface area contributed by atoms with Gasteiger partial charge in [0.1, 0.15) is 11.4 Å². The molecule has 8 heteroatoms. The van der Waals surface area contributed by atoms with E-state index in [1.54, 1.807) is 4.90 Å². The molecule has 0 spiro atoms. The highest BCUT2D eigenvalue weighted by molar-refractivity contribution is 6.61. The van der Waals surface area contributed by atoms with Gasteiger partial charge in [0, 0.05) is 37.8 Å². The maximum atomic E-state index is 12.2. The molecule has 0 bridgehead atoms. The van der Waals surface area contributed by atoms with E-state index in [1.165, 1.54) is 0 Å². The Balaban J connectivity index is 1.56.